The molecular weight excluding hydrogens is 359 g/mol. The molecule has 1 saturated heterocycles. The molecule has 0 radical (unpaired) electrons. The minimum atomic E-state index is -0.300. The normalized spacial score (nSPS) is 17.1. The molecule has 25 heavy (non-hydrogen) atoms. The fourth-order valence-electron chi connectivity index (χ4n) is 2.63. The van der Waals surface area contributed by atoms with Crippen molar-refractivity contribution in [2.24, 2.45) is 5.73 Å². The monoisotopic (exact) mass is 380 g/mol. The van der Waals surface area contributed by atoms with Crippen LogP contribution in [-0.2, 0) is 0 Å². The van der Waals surface area contributed by atoms with Crippen LogP contribution in [0.1, 0.15) is 17.4 Å². The van der Waals surface area contributed by atoms with Gasteiger partial charge in [-0.15, -0.1) is 11.8 Å². The van der Waals surface area contributed by atoms with E-state index in [0.717, 1.165) is 27.9 Å². The number of carbonyl (C=O) groups excluding carboxylic acids is 1. The van der Waals surface area contributed by atoms with E-state index < -0.39 is 0 Å². The lowest BCUT2D eigenvalue weighted by Gasteiger charge is -2.22. The lowest BCUT2D eigenvalue weighted by atomic mass is 10.1. The van der Waals surface area contributed by atoms with Gasteiger partial charge in [0.2, 0.25) is 0 Å². The fourth-order valence-corrected chi connectivity index (χ4v) is 4.81. The zero-order valence-corrected chi connectivity index (χ0v) is 15.9. The van der Waals surface area contributed by atoms with Gasteiger partial charge >= 0.3 is 0 Å². The molecule has 1 aromatic heterocycles. The number of anilines is 1. The number of nitrogens with two attached hydrogens (primary N) is 1. The minimum absolute atomic E-state index is 0.0115. The van der Waals surface area contributed by atoms with Gasteiger partial charge in [0.25, 0.3) is 5.91 Å². The van der Waals surface area contributed by atoms with Crippen LogP contribution in [0.2, 0.25) is 0 Å². The maximum absolute atomic E-state index is 13.3. The highest BCUT2D eigenvalue weighted by Crippen LogP contribution is 2.36. The number of halogens is 1. The molecule has 1 aliphatic rings. The molecule has 2 aromatic rings. The zero-order chi connectivity index (χ0) is 18.0. The van der Waals surface area contributed by atoms with E-state index in [2.05, 4.69) is 4.98 Å². The number of carbonyl (C=O) groups is 1. The van der Waals surface area contributed by atoms with Gasteiger partial charge in [-0.05, 0) is 24.6 Å². The SMILES string of the molecule is CCN(C)c1nc(C(=O)N2CCSC2CN)c(-c2ccc(F)cc2)s1. The van der Waals surface area contributed by atoms with Crippen molar-refractivity contribution >= 4 is 34.1 Å². The molecule has 5 nitrogen and oxygen atoms in total. The number of amides is 1. The topological polar surface area (TPSA) is 62.5 Å². The molecule has 1 atom stereocenters. The fraction of sp³-hybridized carbons (Fsp3) is 0.412. The molecule has 0 saturated carbocycles. The van der Waals surface area contributed by atoms with E-state index in [1.807, 2.05) is 18.9 Å². The summed E-state index contributed by atoms with van der Waals surface area (Å²) < 4.78 is 13.3. The van der Waals surface area contributed by atoms with E-state index in [4.69, 9.17) is 5.73 Å². The first-order chi connectivity index (χ1) is 12.0. The summed E-state index contributed by atoms with van der Waals surface area (Å²) in [4.78, 5) is 22.3. The Kier molecular flexibility index (Phi) is 5.61. The molecular formula is C17H21FN4OS2. The van der Waals surface area contributed by atoms with Crippen LogP contribution in [0.3, 0.4) is 0 Å². The van der Waals surface area contributed by atoms with Crippen LogP contribution in [0.4, 0.5) is 9.52 Å². The summed E-state index contributed by atoms with van der Waals surface area (Å²) in [7, 11) is 1.94. The van der Waals surface area contributed by atoms with Gasteiger partial charge in [-0.2, -0.15) is 0 Å². The Morgan fingerprint density at radius 3 is 2.80 bits per heavy atom. The summed E-state index contributed by atoms with van der Waals surface area (Å²) >= 11 is 3.14. The number of thioether (sulfide) groups is 1. The van der Waals surface area contributed by atoms with Crippen molar-refractivity contribution in [2.45, 2.75) is 12.3 Å². The summed E-state index contributed by atoms with van der Waals surface area (Å²) in [5.41, 5.74) is 7.02. The van der Waals surface area contributed by atoms with Gasteiger partial charge in [-0.25, -0.2) is 9.37 Å². The number of aromatic nitrogens is 1. The van der Waals surface area contributed by atoms with Crippen LogP contribution in [-0.4, -0.2) is 53.6 Å². The van der Waals surface area contributed by atoms with Gasteiger partial charge in [0, 0.05) is 32.4 Å². The van der Waals surface area contributed by atoms with E-state index in [0.29, 0.717) is 18.8 Å². The number of rotatable bonds is 5. The molecule has 2 N–H and O–H groups in total. The largest absolute Gasteiger partial charge is 0.351 e. The van der Waals surface area contributed by atoms with Crippen LogP contribution in [0, 0.1) is 5.82 Å². The number of benzene rings is 1. The van der Waals surface area contributed by atoms with Crippen LogP contribution in [0.25, 0.3) is 10.4 Å². The van der Waals surface area contributed by atoms with Gasteiger partial charge in [0.05, 0.1) is 10.3 Å². The Hall–Kier alpha value is -1.64. The molecule has 134 valence electrons. The first-order valence-corrected chi connectivity index (χ1v) is 10.0. The summed E-state index contributed by atoms with van der Waals surface area (Å²) in [6.45, 7) is 3.91. The molecule has 1 aliphatic heterocycles. The molecule has 0 spiro atoms. The molecule has 1 fully saturated rings. The molecule has 1 aromatic carbocycles. The third-order valence-corrected chi connectivity index (χ3v) is 6.65. The molecule has 3 rings (SSSR count). The van der Waals surface area contributed by atoms with E-state index in [9.17, 15) is 9.18 Å². The second-order valence-corrected chi connectivity index (χ2v) is 8.02. The van der Waals surface area contributed by atoms with Crippen LogP contribution in [0.5, 0.6) is 0 Å². The van der Waals surface area contributed by atoms with E-state index >= 15 is 0 Å². The third kappa shape index (κ3) is 3.65. The van der Waals surface area contributed by atoms with Crippen LogP contribution < -0.4 is 10.6 Å². The van der Waals surface area contributed by atoms with Crippen molar-refractivity contribution in [3.8, 4) is 10.4 Å². The molecule has 1 amide bonds. The Bertz CT molecular complexity index is 750. The predicted molar refractivity (Wildman–Crippen MR) is 103 cm³/mol. The Balaban J connectivity index is 2.03. The maximum atomic E-state index is 13.3. The number of thiazole rings is 1. The molecule has 1 unspecified atom stereocenters. The number of hydrogen-bond acceptors (Lipinski definition) is 6. The van der Waals surface area contributed by atoms with Gasteiger partial charge in [-0.3, -0.25) is 4.79 Å². The Labute approximate surface area is 155 Å². The first kappa shape index (κ1) is 18.2. The number of hydrogen-bond donors (Lipinski definition) is 1. The molecule has 0 aliphatic carbocycles. The smallest absolute Gasteiger partial charge is 0.275 e. The highest BCUT2D eigenvalue weighted by molar-refractivity contribution is 8.00. The highest BCUT2D eigenvalue weighted by Gasteiger charge is 2.32. The minimum Gasteiger partial charge on any atom is -0.351 e. The average Bonchev–Trinajstić information content (AvgIpc) is 3.28. The Morgan fingerprint density at radius 1 is 1.44 bits per heavy atom. The summed E-state index contributed by atoms with van der Waals surface area (Å²) in [5.74, 6) is 0.476. The van der Waals surface area contributed by atoms with Crippen molar-refractivity contribution in [1.29, 1.82) is 0 Å². The van der Waals surface area contributed by atoms with Crippen molar-refractivity contribution in [3.05, 3.63) is 35.8 Å². The molecule has 0 bridgehead atoms. The van der Waals surface area contributed by atoms with E-state index in [1.54, 1.807) is 28.8 Å². The van der Waals surface area contributed by atoms with E-state index in [1.165, 1.54) is 23.5 Å². The summed E-state index contributed by atoms with van der Waals surface area (Å²) in [5, 5.41) is 0.768. The third-order valence-electron chi connectivity index (χ3n) is 4.18. The average molecular weight is 381 g/mol. The summed E-state index contributed by atoms with van der Waals surface area (Å²) in [6.07, 6.45) is 0. The van der Waals surface area contributed by atoms with Crippen molar-refractivity contribution < 1.29 is 9.18 Å². The van der Waals surface area contributed by atoms with Crippen molar-refractivity contribution in [1.82, 2.24) is 9.88 Å². The molecule has 2 heterocycles. The van der Waals surface area contributed by atoms with Crippen LogP contribution in [0.15, 0.2) is 24.3 Å². The van der Waals surface area contributed by atoms with Gasteiger partial charge in [-0.1, -0.05) is 23.5 Å². The highest BCUT2D eigenvalue weighted by atomic mass is 32.2. The maximum Gasteiger partial charge on any atom is 0.275 e. The van der Waals surface area contributed by atoms with Crippen LogP contribution >= 0.6 is 23.1 Å². The Morgan fingerprint density at radius 2 is 2.16 bits per heavy atom. The van der Waals surface area contributed by atoms with Gasteiger partial charge in [0.1, 0.15) is 11.5 Å². The quantitative estimate of drug-likeness (QED) is 0.864. The molecule has 8 heteroatoms. The summed E-state index contributed by atoms with van der Waals surface area (Å²) in [6, 6.07) is 6.19. The second-order valence-electron chi connectivity index (χ2n) is 5.75. The lowest BCUT2D eigenvalue weighted by molar-refractivity contribution is 0.0760. The second kappa shape index (κ2) is 7.72. The first-order valence-electron chi connectivity index (χ1n) is 8.15. The zero-order valence-electron chi connectivity index (χ0n) is 14.2. The standard InChI is InChI=1S/C17H21FN4OS2/c1-3-21(2)17-20-14(16(23)22-8-9-24-13(22)10-19)15(25-17)11-4-6-12(18)7-5-11/h4-7,13H,3,8-10,19H2,1-2H3. The van der Waals surface area contributed by atoms with E-state index in [-0.39, 0.29) is 17.1 Å². The number of nitrogens with zero attached hydrogens (tertiary/aromatic N) is 3. The predicted octanol–water partition coefficient (Wildman–Crippen LogP) is 2.88. The van der Waals surface area contributed by atoms with Crippen molar-refractivity contribution in [3.63, 3.8) is 0 Å². The van der Waals surface area contributed by atoms with Gasteiger partial charge in [0.15, 0.2) is 5.13 Å². The van der Waals surface area contributed by atoms with Crippen molar-refractivity contribution in [2.75, 3.05) is 37.3 Å². The lowest BCUT2D eigenvalue weighted by Crippen LogP contribution is -2.39. The van der Waals surface area contributed by atoms with Gasteiger partial charge < -0.3 is 15.5 Å².